The normalized spacial score (nSPS) is 21.0. The third kappa shape index (κ3) is 5.45. The van der Waals surface area contributed by atoms with Crippen LogP contribution in [0.3, 0.4) is 0 Å². The monoisotopic (exact) mass is 396 g/mol. The summed E-state index contributed by atoms with van der Waals surface area (Å²) >= 11 is 0. The average Bonchev–Trinajstić information content (AvgIpc) is 2.57. The molecule has 152 valence electrons. The van der Waals surface area contributed by atoms with Crippen LogP contribution < -0.4 is 4.31 Å². The topological polar surface area (TPSA) is 77.9 Å². The van der Waals surface area contributed by atoms with Crippen LogP contribution in [-0.4, -0.2) is 56.3 Å². The lowest BCUT2D eigenvalue weighted by Gasteiger charge is -2.36. The third-order valence-electron chi connectivity index (χ3n) is 5.29. The van der Waals surface area contributed by atoms with Crippen molar-refractivity contribution in [2.75, 3.05) is 24.2 Å². The molecule has 1 aliphatic rings. The molecule has 27 heavy (non-hydrogen) atoms. The van der Waals surface area contributed by atoms with Crippen LogP contribution in [0.25, 0.3) is 0 Å². The van der Waals surface area contributed by atoms with Gasteiger partial charge in [0.2, 0.25) is 15.9 Å². The number of nitrogens with zero attached hydrogens (tertiary/aromatic N) is 2. The number of likely N-dealkylation sites (N-methyl/N-ethyl adjacent to an activating group) is 1. The number of sulfonamides is 1. The van der Waals surface area contributed by atoms with E-state index >= 15 is 0 Å². The fourth-order valence-electron chi connectivity index (χ4n) is 3.49. The van der Waals surface area contributed by atoms with E-state index in [9.17, 15) is 18.3 Å². The van der Waals surface area contributed by atoms with E-state index < -0.39 is 16.1 Å². The number of aliphatic hydroxyl groups excluding tert-OH is 1. The smallest absolute Gasteiger partial charge is 0.243 e. The van der Waals surface area contributed by atoms with Gasteiger partial charge in [-0.2, -0.15) is 0 Å². The maximum atomic E-state index is 12.8. The second-order valence-electron chi connectivity index (χ2n) is 8.49. The van der Waals surface area contributed by atoms with Gasteiger partial charge in [0, 0.05) is 7.05 Å². The molecule has 0 radical (unpaired) electrons. The first-order valence-electron chi connectivity index (χ1n) is 9.43. The predicted molar refractivity (Wildman–Crippen MR) is 108 cm³/mol. The summed E-state index contributed by atoms with van der Waals surface area (Å²) in [4.78, 5) is 14.3. The van der Waals surface area contributed by atoms with Crippen molar-refractivity contribution in [2.24, 2.45) is 0 Å². The molecule has 2 unspecified atom stereocenters. The molecule has 2 rings (SSSR count). The zero-order chi connectivity index (χ0) is 20.4. The van der Waals surface area contributed by atoms with Crippen LogP contribution in [-0.2, 0) is 20.2 Å². The molecule has 1 aromatic rings. The van der Waals surface area contributed by atoms with Gasteiger partial charge in [0.15, 0.2) is 0 Å². The van der Waals surface area contributed by atoms with Crippen molar-refractivity contribution in [3.8, 4) is 0 Å². The molecule has 1 amide bonds. The van der Waals surface area contributed by atoms with Gasteiger partial charge in [-0.05, 0) is 36.0 Å². The molecule has 0 spiro atoms. The first-order chi connectivity index (χ1) is 12.4. The molecule has 0 saturated heterocycles. The summed E-state index contributed by atoms with van der Waals surface area (Å²) in [5.41, 5.74) is 1.52. The molecule has 1 aromatic carbocycles. The van der Waals surface area contributed by atoms with Crippen molar-refractivity contribution in [2.45, 2.75) is 64.0 Å². The molecule has 7 heteroatoms. The maximum absolute atomic E-state index is 12.8. The molecule has 0 aromatic heterocycles. The minimum Gasteiger partial charge on any atom is -0.391 e. The van der Waals surface area contributed by atoms with Crippen LogP contribution in [0.4, 0.5) is 5.69 Å². The minimum absolute atomic E-state index is 0.0401. The average molecular weight is 397 g/mol. The lowest BCUT2D eigenvalue weighted by atomic mass is 9.87. The number of amides is 1. The molecule has 0 aliphatic heterocycles. The van der Waals surface area contributed by atoms with Gasteiger partial charge in [0.25, 0.3) is 0 Å². The third-order valence-corrected chi connectivity index (χ3v) is 6.43. The van der Waals surface area contributed by atoms with Crippen LogP contribution in [0, 0.1) is 0 Å². The largest absolute Gasteiger partial charge is 0.391 e. The predicted octanol–water partition coefficient (Wildman–Crippen LogP) is 2.51. The summed E-state index contributed by atoms with van der Waals surface area (Å²) < 4.78 is 25.8. The van der Waals surface area contributed by atoms with Gasteiger partial charge in [0.05, 0.1) is 24.1 Å². The highest BCUT2D eigenvalue weighted by Gasteiger charge is 2.31. The number of carbonyl (C=O) groups excluding carboxylic acids is 1. The van der Waals surface area contributed by atoms with E-state index in [-0.39, 0.29) is 23.9 Å². The molecule has 0 bridgehead atoms. The van der Waals surface area contributed by atoms with Crippen LogP contribution in [0.15, 0.2) is 24.3 Å². The number of rotatable bonds is 5. The molecule has 1 aliphatic carbocycles. The van der Waals surface area contributed by atoms with Crippen LogP contribution in [0.5, 0.6) is 0 Å². The summed E-state index contributed by atoms with van der Waals surface area (Å²) in [5, 5.41) is 10.2. The molecule has 1 saturated carbocycles. The zero-order valence-electron chi connectivity index (χ0n) is 17.0. The highest BCUT2D eigenvalue weighted by atomic mass is 32.2. The van der Waals surface area contributed by atoms with E-state index in [1.165, 1.54) is 4.90 Å². The van der Waals surface area contributed by atoms with Crippen molar-refractivity contribution in [3.63, 3.8) is 0 Å². The number of aliphatic hydroxyl groups is 1. The van der Waals surface area contributed by atoms with Crippen molar-refractivity contribution in [1.82, 2.24) is 4.90 Å². The number of carbonyl (C=O) groups is 1. The quantitative estimate of drug-likeness (QED) is 0.830. The second kappa shape index (κ2) is 8.19. The Labute approximate surface area is 163 Å². The summed E-state index contributed by atoms with van der Waals surface area (Å²) in [6, 6.07) is 7.02. The van der Waals surface area contributed by atoms with Gasteiger partial charge in [-0.25, -0.2) is 8.42 Å². The molecule has 2 atom stereocenters. The molecule has 1 fully saturated rings. The lowest BCUT2D eigenvalue weighted by Crippen LogP contribution is -2.50. The molecular formula is C20H32N2O4S. The fraction of sp³-hybridized carbons (Fsp3) is 0.650. The number of hydrogen-bond acceptors (Lipinski definition) is 4. The van der Waals surface area contributed by atoms with Crippen molar-refractivity contribution >= 4 is 21.6 Å². The van der Waals surface area contributed by atoms with Crippen LogP contribution in [0.1, 0.15) is 52.0 Å². The van der Waals surface area contributed by atoms with E-state index in [1.807, 2.05) is 12.1 Å². The van der Waals surface area contributed by atoms with Crippen molar-refractivity contribution in [1.29, 1.82) is 0 Å². The highest BCUT2D eigenvalue weighted by Crippen LogP contribution is 2.27. The highest BCUT2D eigenvalue weighted by molar-refractivity contribution is 7.92. The summed E-state index contributed by atoms with van der Waals surface area (Å²) in [6.07, 6.45) is 3.88. The van der Waals surface area contributed by atoms with E-state index in [0.29, 0.717) is 12.1 Å². The molecule has 6 nitrogen and oxygen atoms in total. The Morgan fingerprint density at radius 1 is 1.15 bits per heavy atom. The Hall–Kier alpha value is -1.60. The Morgan fingerprint density at radius 2 is 1.70 bits per heavy atom. The van der Waals surface area contributed by atoms with Crippen LogP contribution >= 0.6 is 0 Å². The van der Waals surface area contributed by atoms with Crippen molar-refractivity contribution in [3.05, 3.63) is 29.8 Å². The molecule has 1 N–H and O–H groups in total. The zero-order valence-corrected chi connectivity index (χ0v) is 17.8. The van der Waals surface area contributed by atoms with Gasteiger partial charge in [-0.1, -0.05) is 45.7 Å². The van der Waals surface area contributed by atoms with Gasteiger partial charge >= 0.3 is 0 Å². The SMILES string of the molecule is CN(C(=O)CN(c1ccc(C(C)(C)C)cc1)S(C)(=O)=O)C1CCCCC1O. The Bertz CT molecular complexity index is 753. The van der Waals surface area contributed by atoms with E-state index in [4.69, 9.17) is 0 Å². The second-order valence-corrected chi connectivity index (χ2v) is 10.4. The Balaban J connectivity index is 2.21. The summed E-state index contributed by atoms with van der Waals surface area (Å²) in [7, 11) is -1.97. The Kier molecular flexibility index (Phi) is 6.58. The first kappa shape index (κ1) is 21.7. The van der Waals surface area contributed by atoms with Crippen LogP contribution in [0.2, 0.25) is 0 Å². The summed E-state index contributed by atoms with van der Waals surface area (Å²) in [5.74, 6) is -0.314. The van der Waals surface area contributed by atoms with Gasteiger partial charge < -0.3 is 10.0 Å². The number of benzene rings is 1. The lowest BCUT2D eigenvalue weighted by molar-refractivity contribution is -0.133. The van der Waals surface area contributed by atoms with E-state index in [2.05, 4.69) is 20.8 Å². The standard InChI is InChI=1S/C20H32N2O4S/c1-20(2,3)15-10-12-16(13-11-15)22(27(5,25)26)14-19(24)21(4)17-8-6-7-9-18(17)23/h10-13,17-18,23H,6-9,14H2,1-5H3. The van der Waals surface area contributed by atoms with Gasteiger partial charge in [0.1, 0.15) is 6.54 Å². The Morgan fingerprint density at radius 3 is 2.19 bits per heavy atom. The van der Waals surface area contributed by atoms with Crippen molar-refractivity contribution < 1.29 is 18.3 Å². The van der Waals surface area contributed by atoms with Gasteiger partial charge in [-0.3, -0.25) is 9.10 Å². The minimum atomic E-state index is -3.62. The number of anilines is 1. The number of hydrogen-bond donors (Lipinski definition) is 1. The summed E-state index contributed by atoms with van der Waals surface area (Å²) in [6.45, 7) is 5.99. The van der Waals surface area contributed by atoms with E-state index in [1.54, 1.807) is 19.2 Å². The maximum Gasteiger partial charge on any atom is 0.243 e. The molecular weight excluding hydrogens is 364 g/mol. The van der Waals surface area contributed by atoms with E-state index in [0.717, 1.165) is 35.4 Å². The first-order valence-corrected chi connectivity index (χ1v) is 11.3. The fourth-order valence-corrected chi connectivity index (χ4v) is 4.34. The van der Waals surface area contributed by atoms with Gasteiger partial charge in [-0.15, -0.1) is 0 Å². The molecule has 0 heterocycles.